The molecule has 8 heteroatoms. The first kappa shape index (κ1) is 18.3. The Hall–Kier alpha value is -2.73. The number of unbranched alkanes of at least 4 members (excludes halogenated alkanes) is 1. The lowest BCUT2D eigenvalue weighted by molar-refractivity contribution is -0.134. The maximum atomic E-state index is 9.00. The van der Waals surface area contributed by atoms with Gasteiger partial charge in [-0.2, -0.15) is 0 Å². The summed E-state index contributed by atoms with van der Waals surface area (Å²) in [4.78, 5) is 11.7. The van der Waals surface area contributed by atoms with Gasteiger partial charge in [-0.05, 0) is 42.6 Å². The van der Waals surface area contributed by atoms with Crippen LogP contribution in [0.3, 0.4) is 0 Å². The molecule has 0 aliphatic rings. The standard InChI is InChI=1S/C11H15N5O.C2H4O2/c12-11(13)9-3-5-10(6-4-9)17-8-2-1-7-15-16-14;1-2(3)4/h3-6H,1-2,7-8H2,(H3,12,13);1H3,(H,3,4). The molecule has 0 aromatic heterocycles. The van der Waals surface area contributed by atoms with Crippen molar-refractivity contribution in [2.75, 3.05) is 13.2 Å². The van der Waals surface area contributed by atoms with E-state index in [1.165, 1.54) is 0 Å². The normalized spacial score (nSPS) is 8.81. The van der Waals surface area contributed by atoms with Crippen LogP contribution in [-0.2, 0) is 4.79 Å². The molecule has 0 aliphatic heterocycles. The second kappa shape index (κ2) is 11.1. The van der Waals surface area contributed by atoms with Crippen molar-refractivity contribution < 1.29 is 14.6 Å². The molecule has 0 aliphatic carbocycles. The van der Waals surface area contributed by atoms with Crippen LogP contribution in [0.25, 0.3) is 10.4 Å². The Morgan fingerprint density at radius 1 is 1.43 bits per heavy atom. The van der Waals surface area contributed by atoms with E-state index in [-0.39, 0.29) is 5.84 Å². The monoisotopic (exact) mass is 293 g/mol. The second-order valence-corrected chi connectivity index (χ2v) is 3.97. The maximum absolute atomic E-state index is 9.00. The minimum atomic E-state index is -0.833. The van der Waals surface area contributed by atoms with E-state index >= 15 is 0 Å². The Morgan fingerprint density at radius 2 is 2.00 bits per heavy atom. The van der Waals surface area contributed by atoms with Crippen molar-refractivity contribution in [3.8, 4) is 5.75 Å². The fourth-order valence-corrected chi connectivity index (χ4v) is 1.25. The van der Waals surface area contributed by atoms with Gasteiger partial charge < -0.3 is 15.6 Å². The summed E-state index contributed by atoms with van der Waals surface area (Å²) in [5.41, 5.74) is 14.1. The van der Waals surface area contributed by atoms with Gasteiger partial charge in [0.15, 0.2) is 0 Å². The molecule has 1 aromatic rings. The zero-order valence-electron chi connectivity index (χ0n) is 11.8. The Balaban J connectivity index is 0.000000885. The summed E-state index contributed by atoms with van der Waals surface area (Å²) in [6, 6.07) is 7.06. The molecule has 114 valence electrons. The van der Waals surface area contributed by atoms with Crippen LogP contribution >= 0.6 is 0 Å². The Labute approximate surface area is 122 Å². The number of carbonyl (C=O) groups is 1. The number of nitrogens with one attached hydrogen (secondary N) is 1. The van der Waals surface area contributed by atoms with E-state index in [4.69, 9.17) is 31.3 Å². The number of nitrogens with two attached hydrogens (primary N) is 1. The molecule has 0 saturated heterocycles. The van der Waals surface area contributed by atoms with Crippen molar-refractivity contribution in [1.82, 2.24) is 0 Å². The molecule has 8 nitrogen and oxygen atoms in total. The predicted molar refractivity (Wildman–Crippen MR) is 79.5 cm³/mol. The summed E-state index contributed by atoms with van der Waals surface area (Å²) in [6.45, 7) is 2.17. The summed E-state index contributed by atoms with van der Waals surface area (Å²) in [6.07, 6.45) is 1.66. The quantitative estimate of drug-likeness (QED) is 0.177. The average molecular weight is 293 g/mol. The number of rotatable bonds is 7. The van der Waals surface area contributed by atoms with Crippen LogP contribution in [-0.4, -0.2) is 30.1 Å². The Kier molecular flexibility index (Phi) is 9.68. The van der Waals surface area contributed by atoms with Crippen LogP contribution < -0.4 is 10.5 Å². The zero-order chi connectivity index (χ0) is 16.1. The average Bonchev–Trinajstić information content (AvgIpc) is 2.42. The molecule has 1 rings (SSSR count). The van der Waals surface area contributed by atoms with Gasteiger partial charge in [-0.3, -0.25) is 10.2 Å². The summed E-state index contributed by atoms with van der Waals surface area (Å²) in [5, 5.41) is 18.1. The van der Waals surface area contributed by atoms with Gasteiger partial charge in [0, 0.05) is 23.9 Å². The smallest absolute Gasteiger partial charge is 0.300 e. The van der Waals surface area contributed by atoms with Gasteiger partial charge in [0.1, 0.15) is 11.6 Å². The molecular weight excluding hydrogens is 274 g/mol. The number of carboxylic acids is 1. The van der Waals surface area contributed by atoms with Crippen molar-refractivity contribution in [2.45, 2.75) is 19.8 Å². The molecule has 1 aromatic carbocycles. The van der Waals surface area contributed by atoms with Crippen LogP contribution in [0.4, 0.5) is 0 Å². The third-order valence-electron chi connectivity index (χ3n) is 2.15. The maximum Gasteiger partial charge on any atom is 0.300 e. The highest BCUT2D eigenvalue weighted by atomic mass is 16.5. The molecular formula is C13H19N5O3. The van der Waals surface area contributed by atoms with Crippen LogP contribution in [0.5, 0.6) is 5.75 Å². The predicted octanol–water partition coefficient (Wildman–Crippen LogP) is 2.53. The summed E-state index contributed by atoms with van der Waals surface area (Å²) in [5.74, 6) is -0.0373. The van der Waals surface area contributed by atoms with Crippen molar-refractivity contribution in [1.29, 1.82) is 5.41 Å². The highest BCUT2D eigenvalue weighted by molar-refractivity contribution is 5.94. The molecule has 0 radical (unpaired) electrons. The largest absolute Gasteiger partial charge is 0.494 e. The molecule has 0 fully saturated rings. The van der Waals surface area contributed by atoms with Crippen molar-refractivity contribution in [3.05, 3.63) is 40.3 Å². The van der Waals surface area contributed by atoms with Crippen LogP contribution in [0.1, 0.15) is 25.3 Å². The number of benzene rings is 1. The first-order chi connectivity index (χ1) is 9.97. The lowest BCUT2D eigenvalue weighted by Gasteiger charge is -2.06. The van der Waals surface area contributed by atoms with Gasteiger partial charge in [0.25, 0.3) is 5.97 Å². The van der Waals surface area contributed by atoms with E-state index in [9.17, 15) is 0 Å². The first-order valence-corrected chi connectivity index (χ1v) is 6.25. The summed E-state index contributed by atoms with van der Waals surface area (Å²) < 4.78 is 5.47. The minimum Gasteiger partial charge on any atom is -0.494 e. The number of azide groups is 1. The molecule has 4 N–H and O–H groups in total. The highest BCUT2D eigenvalue weighted by Crippen LogP contribution is 2.12. The SMILES string of the molecule is CC(=O)O.[N-]=[N+]=NCCCCOc1ccc(C(=N)N)cc1. The van der Waals surface area contributed by atoms with E-state index < -0.39 is 5.97 Å². The highest BCUT2D eigenvalue weighted by Gasteiger charge is 1.97. The number of aliphatic carboxylic acids is 1. The van der Waals surface area contributed by atoms with Crippen molar-refractivity contribution >= 4 is 11.8 Å². The number of hydrogen-bond acceptors (Lipinski definition) is 4. The number of amidine groups is 1. The third kappa shape index (κ3) is 10.8. The van der Waals surface area contributed by atoms with Gasteiger partial charge in [-0.25, -0.2) is 0 Å². The van der Waals surface area contributed by atoms with E-state index in [1.807, 2.05) is 0 Å². The Bertz CT molecular complexity index is 491. The number of hydrogen-bond donors (Lipinski definition) is 3. The van der Waals surface area contributed by atoms with E-state index in [1.54, 1.807) is 24.3 Å². The lowest BCUT2D eigenvalue weighted by Crippen LogP contribution is -2.10. The van der Waals surface area contributed by atoms with E-state index in [0.29, 0.717) is 18.7 Å². The molecule has 0 bridgehead atoms. The molecule has 0 atom stereocenters. The van der Waals surface area contributed by atoms with E-state index in [0.717, 1.165) is 25.5 Å². The molecule has 0 heterocycles. The van der Waals surface area contributed by atoms with Crippen molar-refractivity contribution in [3.63, 3.8) is 0 Å². The fourth-order valence-electron chi connectivity index (χ4n) is 1.25. The van der Waals surface area contributed by atoms with Crippen molar-refractivity contribution in [2.24, 2.45) is 10.8 Å². The minimum absolute atomic E-state index is 0.0471. The van der Waals surface area contributed by atoms with Crippen LogP contribution in [0.15, 0.2) is 29.4 Å². The fraction of sp³-hybridized carbons (Fsp3) is 0.385. The van der Waals surface area contributed by atoms with Gasteiger partial charge >= 0.3 is 0 Å². The third-order valence-corrected chi connectivity index (χ3v) is 2.15. The first-order valence-electron chi connectivity index (χ1n) is 6.25. The molecule has 0 amide bonds. The summed E-state index contributed by atoms with van der Waals surface area (Å²) in [7, 11) is 0. The van der Waals surface area contributed by atoms with Gasteiger partial charge in [-0.1, -0.05) is 5.11 Å². The van der Waals surface area contributed by atoms with Gasteiger partial charge in [0.05, 0.1) is 6.61 Å². The second-order valence-electron chi connectivity index (χ2n) is 3.97. The topological polar surface area (TPSA) is 145 Å². The van der Waals surface area contributed by atoms with Gasteiger partial charge in [0.2, 0.25) is 0 Å². The number of carboxylic acid groups (broad SMARTS) is 1. The number of nitrogens with zero attached hydrogens (tertiary/aromatic N) is 3. The van der Waals surface area contributed by atoms with E-state index in [2.05, 4.69) is 10.0 Å². The lowest BCUT2D eigenvalue weighted by atomic mass is 10.2. The Morgan fingerprint density at radius 3 is 2.48 bits per heavy atom. The molecule has 0 unspecified atom stereocenters. The molecule has 21 heavy (non-hydrogen) atoms. The number of nitrogen functional groups attached to an aromatic ring is 1. The van der Waals surface area contributed by atoms with Crippen LogP contribution in [0, 0.1) is 5.41 Å². The molecule has 0 spiro atoms. The molecule has 0 saturated carbocycles. The van der Waals surface area contributed by atoms with Gasteiger partial charge in [-0.15, -0.1) is 0 Å². The number of ether oxygens (including phenoxy) is 1. The zero-order valence-corrected chi connectivity index (χ0v) is 11.8. The summed E-state index contributed by atoms with van der Waals surface area (Å²) >= 11 is 0. The van der Waals surface area contributed by atoms with Crippen LogP contribution in [0.2, 0.25) is 0 Å².